The van der Waals surface area contributed by atoms with Gasteiger partial charge in [0.15, 0.2) is 9.84 Å². The Morgan fingerprint density at radius 3 is 2.38 bits per heavy atom. The van der Waals surface area contributed by atoms with Gasteiger partial charge in [-0.2, -0.15) is 0 Å². The van der Waals surface area contributed by atoms with E-state index < -0.39 is 15.7 Å². The lowest BCUT2D eigenvalue weighted by Gasteiger charge is -2.13. The van der Waals surface area contributed by atoms with Gasteiger partial charge in [-0.1, -0.05) is 54.6 Å². The number of halogens is 1. The number of benzene rings is 4. The van der Waals surface area contributed by atoms with Crippen LogP contribution in [0.4, 0.5) is 4.39 Å². The highest BCUT2D eigenvalue weighted by Gasteiger charge is 2.22. The van der Waals surface area contributed by atoms with Gasteiger partial charge in [0.2, 0.25) is 0 Å². The molecule has 8 heteroatoms. The Kier molecular flexibility index (Phi) is 8.99. The topological polar surface area (TPSA) is 81.7 Å². The van der Waals surface area contributed by atoms with E-state index in [1.165, 1.54) is 19.2 Å². The number of aryl methyl sites for hydroxylation is 1. The van der Waals surface area contributed by atoms with Crippen molar-refractivity contribution in [3.63, 3.8) is 0 Å². The second kappa shape index (κ2) is 12.6. The first kappa shape index (κ1) is 27.9. The summed E-state index contributed by atoms with van der Waals surface area (Å²) in [7, 11) is -0.845. The average Bonchev–Trinajstić information content (AvgIpc) is 2.95. The first-order valence-corrected chi connectivity index (χ1v) is 14.1. The zero-order valence-electron chi connectivity index (χ0n) is 21.8. The van der Waals surface area contributed by atoms with Crippen LogP contribution in [-0.2, 0) is 22.0 Å². The number of carbonyl (C=O) groups excluding carboxylic acids is 1. The molecule has 4 aromatic carbocycles. The van der Waals surface area contributed by atoms with Crippen LogP contribution in [0.15, 0.2) is 95.9 Å². The Morgan fingerprint density at radius 1 is 0.846 bits per heavy atom. The molecule has 6 nitrogen and oxygen atoms in total. The van der Waals surface area contributed by atoms with Crippen LogP contribution in [0.2, 0.25) is 0 Å². The van der Waals surface area contributed by atoms with Gasteiger partial charge in [-0.3, -0.25) is 4.79 Å². The molecule has 0 fully saturated rings. The quantitative estimate of drug-likeness (QED) is 0.238. The molecule has 0 aromatic heterocycles. The molecule has 0 bridgehead atoms. The highest BCUT2D eigenvalue weighted by Crippen LogP contribution is 2.33. The van der Waals surface area contributed by atoms with Crippen LogP contribution >= 0.6 is 0 Å². The molecule has 0 spiro atoms. The minimum absolute atomic E-state index is 0.0106. The molecule has 0 atom stereocenters. The molecule has 4 rings (SSSR count). The third kappa shape index (κ3) is 7.03. The zero-order valence-corrected chi connectivity index (χ0v) is 22.6. The summed E-state index contributed by atoms with van der Waals surface area (Å²) in [6, 6.07) is 25.2. The van der Waals surface area contributed by atoms with Crippen LogP contribution in [0, 0.1) is 5.82 Å². The lowest BCUT2D eigenvalue weighted by atomic mass is 10.1. The van der Waals surface area contributed by atoms with Crippen LogP contribution in [0.25, 0.3) is 11.1 Å². The van der Waals surface area contributed by atoms with Gasteiger partial charge in [0.05, 0.1) is 20.0 Å². The summed E-state index contributed by atoms with van der Waals surface area (Å²) >= 11 is 0. The largest absolute Gasteiger partial charge is 0.497 e. The van der Waals surface area contributed by atoms with Crippen molar-refractivity contribution in [3.05, 3.63) is 114 Å². The lowest BCUT2D eigenvalue weighted by Crippen LogP contribution is -2.24. The van der Waals surface area contributed by atoms with Gasteiger partial charge < -0.3 is 14.8 Å². The fraction of sp³-hybridized carbons (Fsp3) is 0.194. The lowest BCUT2D eigenvalue weighted by molar-refractivity contribution is 0.0953. The standard InChI is InChI=1S/C31H30FNO5S/c1-37-26-12-6-11-25(19-26)31(34)33-17-7-10-22-8-5-9-23(18-22)21-39(35,36)30-20-24(15-16-29(30)38-2)27-13-3-4-14-28(27)32/h3-6,8-9,11-16,18-20H,7,10,17,21H2,1-2H3,(H,33,34). The van der Waals surface area contributed by atoms with Crippen molar-refractivity contribution in [1.29, 1.82) is 0 Å². The molecular weight excluding hydrogens is 517 g/mol. The van der Waals surface area contributed by atoms with Gasteiger partial charge in [-0.05, 0) is 65.9 Å². The van der Waals surface area contributed by atoms with E-state index in [-0.39, 0.29) is 22.3 Å². The monoisotopic (exact) mass is 547 g/mol. The molecule has 0 aliphatic carbocycles. The van der Waals surface area contributed by atoms with Crippen molar-refractivity contribution in [1.82, 2.24) is 5.32 Å². The third-order valence-corrected chi connectivity index (χ3v) is 7.99. The first-order valence-electron chi connectivity index (χ1n) is 12.5. The van der Waals surface area contributed by atoms with Gasteiger partial charge in [0.1, 0.15) is 22.2 Å². The smallest absolute Gasteiger partial charge is 0.251 e. The van der Waals surface area contributed by atoms with Gasteiger partial charge in [-0.15, -0.1) is 0 Å². The predicted octanol–water partition coefficient (Wildman–Crippen LogP) is 5.85. The normalized spacial score (nSPS) is 11.2. The van der Waals surface area contributed by atoms with E-state index in [9.17, 15) is 17.6 Å². The Morgan fingerprint density at radius 2 is 1.62 bits per heavy atom. The molecule has 0 radical (unpaired) electrons. The molecule has 39 heavy (non-hydrogen) atoms. The van der Waals surface area contributed by atoms with E-state index in [0.717, 1.165) is 5.56 Å². The van der Waals surface area contributed by atoms with Crippen LogP contribution < -0.4 is 14.8 Å². The van der Waals surface area contributed by atoms with E-state index in [1.807, 2.05) is 18.2 Å². The highest BCUT2D eigenvalue weighted by molar-refractivity contribution is 7.90. The van der Waals surface area contributed by atoms with Gasteiger partial charge in [-0.25, -0.2) is 12.8 Å². The Bertz CT molecular complexity index is 1570. The molecule has 0 aliphatic heterocycles. The fourth-order valence-corrected chi connectivity index (χ4v) is 5.85. The van der Waals surface area contributed by atoms with Gasteiger partial charge >= 0.3 is 0 Å². The molecule has 0 heterocycles. The number of hydrogen-bond donors (Lipinski definition) is 1. The second-order valence-corrected chi connectivity index (χ2v) is 11.0. The number of methoxy groups -OCH3 is 2. The molecule has 0 saturated carbocycles. The van der Waals surface area contributed by atoms with E-state index in [2.05, 4.69) is 5.32 Å². The summed E-state index contributed by atoms with van der Waals surface area (Å²) in [4.78, 5) is 12.4. The third-order valence-electron chi connectivity index (χ3n) is 6.29. The van der Waals surface area contributed by atoms with Crippen molar-refractivity contribution >= 4 is 15.7 Å². The van der Waals surface area contributed by atoms with E-state index in [1.54, 1.807) is 67.8 Å². The van der Waals surface area contributed by atoms with Crippen LogP contribution in [0.1, 0.15) is 27.9 Å². The molecule has 0 saturated heterocycles. The maximum Gasteiger partial charge on any atom is 0.251 e. The number of nitrogens with one attached hydrogen (secondary N) is 1. The summed E-state index contributed by atoms with van der Waals surface area (Å²) in [5, 5.41) is 2.90. The second-order valence-electron chi connectivity index (χ2n) is 9.02. The highest BCUT2D eigenvalue weighted by atomic mass is 32.2. The van der Waals surface area contributed by atoms with E-state index in [4.69, 9.17) is 9.47 Å². The number of hydrogen-bond acceptors (Lipinski definition) is 5. The Balaban J connectivity index is 1.42. The summed E-state index contributed by atoms with van der Waals surface area (Å²) in [5.74, 6) is -0.0208. The average molecular weight is 548 g/mol. The first-order chi connectivity index (χ1) is 18.8. The Labute approximate surface area is 228 Å². The van der Waals surface area contributed by atoms with Gasteiger partial charge in [0, 0.05) is 17.7 Å². The zero-order chi connectivity index (χ0) is 27.8. The molecule has 202 valence electrons. The molecular formula is C31H30FNO5S. The number of amides is 1. The molecule has 1 amide bonds. The van der Waals surface area contributed by atoms with E-state index >= 15 is 0 Å². The summed E-state index contributed by atoms with van der Waals surface area (Å²) in [5.41, 5.74) is 2.89. The van der Waals surface area contributed by atoms with Gasteiger partial charge in [0.25, 0.3) is 5.91 Å². The van der Waals surface area contributed by atoms with Crippen LogP contribution in [-0.4, -0.2) is 35.1 Å². The molecule has 0 aliphatic rings. The SMILES string of the molecule is COc1cccc(C(=O)NCCCc2cccc(CS(=O)(=O)c3cc(-c4ccccc4F)ccc3OC)c2)c1. The molecule has 1 N–H and O–H groups in total. The number of sulfone groups is 1. The molecule has 4 aromatic rings. The Hall–Kier alpha value is -4.17. The number of ether oxygens (including phenoxy) is 2. The van der Waals surface area contributed by atoms with Crippen molar-refractivity contribution in [2.24, 2.45) is 0 Å². The predicted molar refractivity (Wildman–Crippen MR) is 149 cm³/mol. The maximum atomic E-state index is 14.4. The number of rotatable bonds is 11. The van der Waals surface area contributed by atoms with Crippen LogP contribution in [0.3, 0.4) is 0 Å². The molecule has 0 unspecified atom stereocenters. The van der Waals surface area contributed by atoms with Crippen molar-refractivity contribution in [3.8, 4) is 22.6 Å². The van der Waals surface area contributed by atoms with Crippen molar-refractivity contribution in [2.45, 2.75) is 23.5 Å². The minimum atomic E-state index is -3.80. The van der Waals surface area contributed by atoms with Crippen molar-refractivity contribution < 1.29 is 27.1 Å². The maximum absolute atomic E-state index is 14.4. The summed E-state index contributed by atoms with van der Waals surface area (Å²) < 4.78 is 51.7. The van der Waals surface area contributed by atoms with Crippen LogP contribution in [0.5, 0.6) is 11.5 Å². The summed E-state index contributed by atoms with van der Waals surface area (Å²) in [6.45, 7) is 0.471. The van der Waals surface area contributed by atoms with Crippen molar-refractivity contribution in [2.75, 3.05) is 20.8 Å². The minimum Gasteiger partial charge on any atom is -0.497 e. The summed E-state index contributed by atoms with van der Waals surface area (Å²) in [6.07, 6.45) is 1.35. The number of carbonyl (C=O) groups is 1. The fourth-order valence-electron chi connectivity index (χ4n) is 4.32. The van der Waals surface area contributed by atoms with E-state index in [0.29, 0.717) is 47.4 Å².